The molecule has 3 heteroatoms. The summed E-state index contributed by atoms with van der Waals surface area (Å²) < 4.78 is 0. The van der Waals surface area contributed by atoms with Gasteiger partial charge in [0.15, 0.2) is 0 Å². The molecule has 0 spiro atoms. The molecule has 0 bridgehead atoms. The molecule has 1 heterocycles. The van der Waals surface area contributed by atoms with Crippen molar-refractivity contribution < 1.29 is 0 Å². The Morgan fingerprint density at radius 2 is 2.06 bits per heavy atom. The summed E-state index contributed by atoms with van der Waals surface area (Å²) in [6.45, 7) is 6.43. The zero-order chi connectivity index (χ0) is 12.4. The number of nitrogens with zero attached hydrogens (tertiary/aromatic N) is 1. The molecule has 2 rings (SSSR count). The molecule has 0 saturated carbocycles. The van der Waals surface area contributed by atoms with E-state index in [1.165, 1.54) is 16.7 Å². The lowest BCUT2D eigenvalue weighted by molar-refractivity contribution is 0.637. The van der Waals surface area contributed by atoms with Crippen LogP contribution in [-0.4, -0.2) is 12.0 Å². The van der Waals surface area contributed by atoms with Gasteiger partial charge in [-0.1, -0.05) is 18.2 Å². The van der Waals surface area contributed by atoms with Crippen molar-refractivity contribution in [1.82, 2.24) is 10.3 Å². The van der Waals surface area contributed by atoms with Crippen LogP contribution in [0.1, 0.15) is 29.8 Å². The van der Waals surface area contributed by atoms with Crippen molar-refractivity contribution in [2.45, 2.75) is 26.8 Å². The van der Waals surface area contributed by atoms with Crippen LogP contribution in [-0.2, 0) is 0 Å². The molecule has 1 aromatic carbocycles. The maximum absolute atomic E-state index is 4.71. The Morgan fingerprint density at radius 3 is 2.76 bits per heavy atom. The number of aryl methyl sites for hydroxylation is 1. The molecule has 17 heavy (non-hydrogen) atoms. The normalized spacial score (nSPS) is 12.7. The first-order valence-corrected chi connectivity index (χ1v) is 6.70. The lowest BCUT2D eigenvalue weighted by Crippen LogP contribution is -2.12. The van der Waals surface area contributed by atoms with Crippen LogP contribution >= 0.6 is 11.3 Å². The monoisotopic (exact) mass is 246 g/mol. The minimum Gasteiger partial charge on any atom is -0.312 e. The highest BCUT2D eigenvalue weighted by Gasteiger charge is 2.11. The summed E-state index contributed by atoms with van der Waals surface area (Å²) in [6, 6.07) is 6.70. The Morgan fingerprint density at radius 1 is 1.29 bits per heavy atom. The Bertz CT molecular complexity index is 517. The smallest absolute Gasteiger partial charge is 0.123 e. The summed E-state index contributed by atoms with van der Waals surface area (Å²) >= 11 is 1.72. The second-order valence-electron chi connectivity index (χ2n) is 4.34. The third kappa shape index (κ3) is 2.40. The van der Waals surface area contributed by atoms with Gasteiger partial charge < -0.3 is 5.32 Å². The van der Waals surface area contributed by atoms with Gasteiger partial charge in [-0.3, -0.25) is 0 Å². The van der Waals surface area contributed by atoms with Crippen molar-refractivity contribution in [3.63, 3.8) is 0 Å². The van der Waals surface area contributed by atoms with Crippen LogP contribution in [0.2, 0.25) is 0 Å². The molecule has 0 aliphatic rings. The Labute approximate surface area is 107 Å². The van der Waals surface area contributed by atoms with Gasteiger partial charge in [0.2, 0.25) is 0 Å². The molecule has 1 atom stereocenters. The minimum atomic E-state index is 0.310. The maximum Gasteiger partial charge on any atom is 0.123 e. The van der Waals surface area contributed by atoms with E-state index in [9.17, 15) is 0 Å². The van der Waals surface area contributed by atoms with Gasteiger partial charge in [0.25, 0.3) is 0 Å². The summed E-state index contributed by atoms with van der Waals surface area (Å²) in [5.41, 5.74) is 5.02. The predicted octanol–water partition coefficient (Wildman–Crippen LogP) is 3.71. The van der Waals surface area contributed by atoms with Crippen molar-refractivity contribution in [1.29, 1.82) is 0 Å². The van der Waals surface area contributed by atoms with E-state index in [4.69, 9.17) is 4.98 Å². The van der Waals surface area contributed by atoms with Crippen LogP contribution in [0.25, 0.3) is 10.6 Å². The molecule has 1 unspecified atom stereocenters. The first kappa shape index (κ1) is 12.3. The number of nitrogens with one attached hydrogen (secondary N) is 1. The minimum absolute atomic E-state index is 0.310. The Kier molecular flexibility index (Phi) is 3.60. The molecule has 1 N–H and O–H groups in total. The molecule has 0 amide bonds. The summed E-state index contributed by atoms with van der Waals surface area (Å²) in [4.78, 5) is 4.71. The molecule has 2 nitrogen and oxygen atoms in total. The largest absolute Gasteiger partial charge is 0.312 e. The molecule has 0 saturated heterocycles. The van der Waals surface area contributed by atoms with Gasteiger partial charge in [-0.05, 0) is 38.9 Å². The lowest BCUT2D eigenvalue weighted by atomic mass is 10.0. The standard InChI is InChI=1S/C14H18N2S/c1-9-6-5-7-12(10(9)2)14-16-13(8-17-14)11(3)15-4/h5-8,11,15H,1-4H3. The zero-order valence-electron chi connectivity index (χ0n) is 10.7. The fourth-order valence-electron chi connectivity index (χ4n) is 1.74. The van der Waals surface area contributed by atoms with E-state index >= 15 is 0 Å². The van der Waals surface area contributed by atoms with Crippen molar-refractivity contribution in [3.05, 3.63) is 40.4 Å². The second kappa shape index (κ2) is 4.98. The quantitative estimate of drug-likeness (QED) is 0.893. The SMILES string of the molecule is CNC(C)c1csc(-c2cccc(C)c2C)n1. The number of aromatic nitrogens is 1. The number of thiazole rings is 1. The van der Waals surface area contributed by atoms with Crippen LogP contribution in [0.15, 0.2) is 23.6 Å². The Hall–Kier alpha value is -1.19. The zero-order valence-corrected chi connectivity index (χ0v) is 11.6. The molecular formula is C14H18N2S. The predicted molar refractivity (Wildman–Crippen MR) is 74.5 cm³/mol. The van der Waals surface area contributed by atoms with Gasteiger partial charge in [0.1, 0.15) is 5.01 Å². The van der Waals surface area contributed by atoms with Crippen LogP contribution in [0, 0.1) is 13.8 Å². The number of benzene rings is 1. The topological polar surface area (TPSA) is 24.9 Å². The summed E-state index contributed by atoms with van der Waals surface area (Å²) in [6.07, 6.45) is 0. The highest BCUT2D eigenvalue weighted by atomic mass is 32.1. The summed E-state index contributed by atoms with van der Waals surface area (Å²) in [7, 11) is 1.96. The van der Waals surface area contributed by atoms with Crippen LogP contribution in [0.4, 0.5) is 0 Å². The molecule has 1 aromatic heterocycles. The van der Waals surface area contributed by atoms with Crippen molar-refractivity contribution in [2.24, 2.45) is 0 Å². The van der Waals surface area contributed by atoms with Gasteiger partial charge >= 0.3 is 0 Å². The van der Waals surface area contributed by atoms with E-state index in [2.05, 4.69) is 49.7 Å². The Balaban J connectivity index is 2.40. The number of rotatable bonds is 3. The van der Waals surface area contributed by atoms with E-state index in [0.717, 1.165) is 10.7 Å². The van der Waals surface area contributed by atoms with E-state index in [0.29, 0.717) is 6.04 Å². The van der Waals surface area contributed by atoms with Crippen LogP contribution in [0.3, 0.4) is 0 Å². The molecule has 90 valence electrons. The van der Waals surface area contributed by atoms with E-state index in [1.807, 2.05) is 7.05 Å². The average Bonchev–Trinajstić information content (AvgIpc) is 2.81. The average molecular weight is 246 g/mol. The molecule has 0 radical (unpaired) electrons. The molecule has 0 aliphatic heterocycles. The van der Waals surface area contributed by atoms with Crippen molar-refractivity contribution in [3.8, 4) is 10.6 Å². The summed E-state index contributed by atoms with van der Waals surface area (Å²) in [5, 5.41) is 6.47. The van der Waals surface area contributed by atoms with E-state index in [1.54, 1.807) is 11.3 Å². The second-order valence-corrected chi connectivity index (χ2v) is 5.19. The summed E-state index contributed by atoms with van der Waals surface area (Å²) in [5.74, 6) is 0. The maximum atomic E-state index is 4.71. The van der Waals surface area contributed by atoms with Gasteiger partial charge in [-0.25, -0.2) is 4.98 Å². The first-order chi connectivity index (χ1) is 8.13. The van der Waals surface area contributed by atoms with Crippen LogP contribution < -0.4 is 5.32 Å². The van der Waals surface area contributed by atoms with Gasteiger partial charge in [-0.2, -0.15) is 0 Å². The van der Waals surface area contributed by atoms with Crippen molar-refractivity contribution in [2.75, 3.05) is 7.05 Å². The first-order valence-electron chi connectivity index (χ1n) is 5.82. The number of hydrogen-bond acceptors (Lipinski definition) is 3. The molecule has 0 aliphatic carbocycles. The lowest BCUT2D eigenvalue weighted by Gasteiger charge is -2.07. The van der Waals surface area contributed by atoms with Crippen LogP contribution in [0.5, 0.6) is 0 Å². The van der Waals surface area contributed by atoms with Gasteiger partial charge in [-0.15, -0.1) is 11.3 Å². The number of hydrogen-bond donors (Lipinski definition) is 1. The molecular weight excluding hydrogens is 228 g/mol. The van der Waals surface area contributed by atoms with E-state index < -0.39 is 0 Å². The molecule has 0 fully saturated rings. The third-order valence-corrected chi connectivity index (χ3v) is 4.13. The van der Waals surface area contributed by atoms with Gasteiger partial charge in [0, 0.05) is 17.0 Å². The highest BCUT2D eigenvalue weighted by molar-refractivity contribution is 7.13. The fraction of sp³-hybridized carbons (Fsp3) is 0.357. The van der Waals surface area contributed by atoms with Gasteiger partial charge in [0.05, 0.1) is 5.69 Å². The van der Waals surface area contributed by atoms with Crippen molar-refractivity contribution >= 4 is 11.3 Å². The fourth-order valence-corrected chi connectivity index (χ4v) is 2.73. The third-order valence-electron chi connectivity index (χ3n) is 3.23. The van der Waals surface area contributed by atoms with E-state index in [-0.39, 0.29) is 0 Å². The molecule has 2 aromatic rings. The highest BCUT2D eigenvalue weighted by Crippen LogP contribution is 2.29.